The highest BCUT2D eigenvalue weighted by Gasteiger charge is 2.17. The van der Waals surface area contributed by atoms with Gasteiger partial charge in [-0.2, -0.15) is 11.8 Å². The largest absolute Gasteiger partial charge is 0.351 e. The molecule has 0 bridgehead atoms. The van der Waals surface area contributed by atoms with Crippen molar-refractivity contribution >= 4 is 29.3 Å². The van der Waals surface area contributed by atoms with Crippen LogP contribution in [0.3, 0.4) is 0 Å². The van der Waals surface area contributed by atoms with Gasteiger partial charge < -0.3 is 5.32 Å². The summed E-state index contributed by atoms with van der Waals surface area (Å²) in [6.45, 7) is 6.91. The molecule has 34 heavy (non-hydrogen) atoms. The number of hydrogen-bond donors (Lipinski definition) is 1. The molecule has 0 atom stereocenters. The van der Waals surface area contributed by atoms with Crippen molar-refractivity contribution < 1.29 is 4.79 Å². The van der Waals surface area contributed by atoms with Gasteiger partial charge in [-0.3, -0.25) is 14.6 Å². The molecule has 0 aliphatic carbocycles. The number of piperazine rings is 1. The minimum atomic E-state index is -0.0144. The topological polar surface area (TPSA) is 35.6 Å². The quantitative estimate of drug-likeness (QED) is 0.388. The molecular weight excluding hydrogens is 462 g/mol. The molecular formula is C28H32ClN3OS. The number of carbonyl (C=O) groups is 1. The van der Waals surface area contributed by atoms with Gasteiger partial charge in [0.25, 0.3) is 5.91 Å². The number of carbonyl (C=O) groups excluding carboxylic acids is 1. The van der Waals surface area contributed by atoms with E-state index in [-0.39, 0.29) is 5.91 Å². The van der Waals surface area contributed by atoms with Crippen LogP contribution in [-0.2, 0) is 18.8 Å². The summed E-state index contributed by atoms with van der Waals surface area (Å²) in [6, 6.07) is 26.6. The van der Waals surface area contributed by atoms with Crippen LogP contribution >= 0.6 is 23.4 Å². The van der Waals surface area contributed by atoms with E-state index in [9.17, 15) is 4.79 Å². The van der Waals surface area contributed by atoms with E-state index in [4.69, 9.17) is 11.6 Å². The average molecular weight is 494 g/mol. The van der Waals surface area contributed by atoms with Gasteiger partial charge in [0.1, 0.15) is 0 Å². The molecule has 1 N–H and O–H groups in total. The maximum absolute atomic E-state index is 12.5. The Morgan fingerprint density at radius 3 is 2.03 bits per heavy atom. The minimum Gasteiger partial charge on any atom is -0.351 e. The van der Waals surface area contributed by atoms with Gasteiger partial charge in [-0.1, -0.05) is 72.3 Å². The Labute approximate surface area is 212 Å². The van der Waals surface area contributed by atoms with Crippen LogP contribution in [-0.4, -0.2) is 54.2 Å². The van der Waals surface area contributed by atoms with Crippen LogP contribution in [0, 0.1) is 0 Å². The molecule has 3 aromatic rings. The Bertz CT molecular complexity index is 1040. The molecule has 178 valence electrons. The molecule has 0 saturated carbocycles. The fourth-order valence-corrected chi connectivity index (χ4v) is 5.25. The van der Waals surface area contributed by atoms with Gasteiger partial charge in [0.05, 0.1) is 0 Å². The number of thioether (sulfide) groups is 1. The molecule has 0 unspecified atom stereocenters. The number of hydrogen-bond acceptors (Lipinski definition) is 4. The van der Waals surface area contributed by atoms with E-state index in [1.54, 1.807) is 11.8 Å². The summed E-state index contributed by atoms with van der Waals surface area (Å²) in [4.78, 5) is 17.5. The van der Waals surface area contributed by atoms with Gasteiger partial charge in [0.15, 0.2) is 0 Å². The molecule has 1 amide bonds. The van der Waals surface area contributed by atoms with Crippen molar-refractivity contribution in [1.29, 1.82) is 0 Å². The van der Waals surface area contributed by atoms with E-state index >= 15 is 0 Å². The molecule has 1 fully saturated rings. The van der Waals surface area contributed by atoms with E-state index in [0.29, 0.717) is 12.1 Å². The van der Waals surface area contributed by atoms with E-state index in [1.807, 2.05) is 36.4 Å². The standard InChI is InChI=1S/C28H32ClN3OS/c29-27-9-5-4-8-26(27)22-34-19-14-30-28(33)25-12-10-24(11-13-25)21-32-17-15-31(16-18-32)20-23-6-2-1-3-7-23/h1-13H,14-22H2,(H,30,33). The number of halogens is 1. The molecule has 1 heterocycles. The summed E-state index contributed by atoms with van der Waals surface area (Å²) in [6.07, 6.45) is 0. The molecule has 4 rings (SSSR count). The maximum atomic E-state index is 12.5. The first-order chi connectivity index (χ1) is 16.7. The van der Waals surface area contributed by atoms with Crippen molar-refractivity contribution in [1.82, 2.24) is 15.1 Å². The van der Waals surface area contributed by atoms with Crippen molar-refractivity contribution in [2.75, 3.05) is 38.5 Å². The first-order valence-corrected chi connectivity index (χ1v) is 13.4. The van der Waals surface area contributed by atoms with Gasteiger partial charge in [0.2, 0.25) is 0 Å². The van der Waals surface area contributed by atoms with Crippen LogP contribution in [0.5, 0.6) is 0 Å². The van der Waals surface area contributed by atoms with Gasteiger partial charge in [-0.25, -0.2) is 0 Å². The zero-order chi connectivity index (χ0) is 23.6. The SMILES string of the molecule is O=C(NCCSCc1ccccc1Cl)c1ccc(CN2CCN(Cc3ccccc3)CC2)cc1. The third-order valence-electron chi connectivity index (χ3n) is 6.08. The normalized spacial score (nSPS) is 14.7. The smallest absolute Gasteiger partial charge is 0.251 e. The Kier molecular flexibility index (Phi) is 9.45. The summed E-state index contributed by atoms with van der Waals surface area (Å²) in [5, 5.41) is 3.82. The first-order valence-electron chi connectivity index (χ1n) is 11.8. The molecule has 6 heteroatoms. The number of nitrogens with one attached hydrogen (secondary N) is 1. The molecule has 1 aliphatic heterocycles. The molecule has 1 saturated heterocycles. The maximum Gasteiger partial charge on any atom is 0.251 e. The van der Waals surface area contributed by atoms with Crippen molar-refractivity contribution in [3.05, 3.63) is 106 Å². The lowest BCUT2D eigenvalue weighted by Crippen LogP contribution is -2.45. The molecule has 3 aromatic carbocycles. The highest BCUT2D eigenvalue weighted by Crippen LogP contribution is 2.20. The van der Waals surface area contributed by atoms with Crippen LogP contribution in [0.15, 0.2) is 78.9 Å². The Hall–Kier alpha value is -2.31. The number of rotatable bonds is 10. The first kappa shape index (κ1) is 24.8. The van der Waals surface area contributed by atoms with Crippen LogP contribution in [0.2, 0.25) is 5.02 Å². The zero-order valence-electron chi connectivity index (χ0n) is 19.5. The summed E-state index contributed by atoms with van der Waals surface area (Å²) in [5.74, 6) is 1.69. The van der Waals surface area contributed by atoms with Crippen molar-refractivity contribution in [3.8, 4) is 0 Å². The predicted octanol–water partition coefficient (Wildman–Crippen LogP) is 5.32. The summed E-state index contributed by atoms with van der Waals surface area (Å²) in [7, 11) is 0. The summed E-state index contributed by atoms with van der Waals surface area (Å²) < 4.78 is 0. The van der Waals surface area contributed by atoms with Crippen LogP contribution < -0.4 is 5.32 Å². The van der Waals surface area contributed by atoms with Crippen LogP contribution in [0.25, 0.3) is 0 Å². The average Bonchev–Trinajstić information content (AvgIpc) is 2.87. The lowest BCUT2D eigenvalue weighted by molar-refractivity contribution is 0.0956. The number of benzene rings is 3. The second-order valence-corrected chi connectivity index (χ2v) is 10.1. The molecule has 4 nitrogen and oxygen atoms in total. The van der Waals surface area contributed by atoms with Crippen LogP contribution in [0.4, 0.5) is 0 Å². The number of nitrogens with zero attached hydrogens (tertiary/aromatic N) is 2. The minimum absolute atomic E-state index is 0.0144. The highest BCUT2D eigenvalue weighted by atomic mass is 35.5. The van der Waals surface area contributed by atoms with Gasteiger partial charge in [-0.15, -0.1) is 0 Å². The van der Waals surface area contributed by atoms with E-state index < -0.39 is 0 Å². The summed E-state index contributed by atoms with van der Waals surface area (Å²) in [5.41, 5.74) is 4.48. The van der Waals surface area contributed by atoms with E-state index in [1.165, 1.54) is 11.1 Å². The fourth-order valence-electron chi connectivity index (χ4n) is 4.10. The van der Waals surface area contributed by atoms with Crippen LogP contribution in [0.1, 0.15) is 27.0 Å². The fraction of sp³-hybridized carbons (Fsp3) is 0.321. The molecule has 1 aliphatic rings. The monoisotopic (exact) mass is 493 g/mol. The molecule has 0 aromatic heterocycles. The second-order valence-electron chi connectivity index (χ2n) is 8.63. The van der Waals surface area contributed by atoms with Crippen molar-refractivity contribution in [2.45, 2.75) is 18.8 Å². The highest BCUT2D eigenvalue weighted by molar-refractivity contribution is 7.98. The predicted molar refractivity (Wildman–Crippen MR) is 143 cm³/mol. The second kappa shape index (κ2) is 13.0. The van der Waals surface area contributed by atoms with E-state index in [2.05, 4.69) is 57.6 Å². The Morgan fingerprint density at radius 1 is 0.794 bits per heavy atom. The van der Waals surface area contributed by atoms with Gasteiger partial charge >= 0.3 is 0 Å². The Balaban J connectivity index is 1.14. The lowest BCUT2D eigenvalue weighted by Gasteiger charge is -2.34. The van der Waals surface area contributed by atoms with Gasteiger partial charge in [0, 0.05) is 67.9 Å². The Morgan fingerprint density at radius 2 is 1.38 bits per heavy atom. The molecule has 0 radical (unpaired) electrons. The lowest BCUT2D eigenvalue weighted by atomic mass is 10.1. The third-order valence-corrected chi connectivity index (χ3v) is 7.46. The number of amides is 1. The van der Waals surface area contributed by atoms with Crippen molar-refractivity contribution in [3.63, 3.8) is 0 Å². The van der Waals surface area contributed by atoms with E-state index in [0.717, 1.165) is 61.4 Å². The third kappa shape index (κ3) is 7.60. The molecule has 0 spiro atoms. The summed E-state index contributed by atoms with van der Waals surface area (Å²) >= 11 is 7.96. The van der Waals surface area contributed by atoms with Crippen molar-refractivity contribution in [2.24, 2.45) is 0 Å². The van der Waals surface area contributed by atoms with Gasteiger partial charge in [-0.05, 0) is 34.9 Å². The zero-order valence-corrected chi connectivity index (χ0v) is 21.0.